The first-order valence-electron chi connectivity index (χ1n) is 6.94. The van der Waals surface area contributed by atoms with Gasteiger partial charge in [0, 0.05) is 10.7 Å². The molecule has 0 aliphatic carbocycles. The molecule has 120 valence electrons. The number of carbonyl (C=O) groups excluding carboxylic acids is 1. The lowest BCUT2D eigenvalue weighted by atomic mass is 10.1. The van der Waals surface area contributed by atoms with Crippen molar-refractivity contribution in [3.8, 4) is 5.75 Å². The monoisotopic (exact) mass is 348 g/mol. The van der Waals surface area contributed by atoms with Gasteiger partial charge < -0.3 is 10.1 Å². The maximum atomic E-state index is 12.4. The molecular formula is C17H17ClN2O2S. The van der Waals surface area contributed by atoms with E-state index < -0.39 is 0 Å². The van der Waals surface area contributed by atoms with Gasteiger partial charge in [-0.1, -0.05) is 29.8 Å². The molecule has 0 heterocycles. The summed E-state index contributed by atoms with van der Waals surface area (Å²) in [6.45, 7) is 3.80. The van der Waals surface area contributed by atoms with Crippen LogP contribution in [0.2, 0.25) is 5.02 Å². The van der Waals surface area contributed by atoms with Crippen LogP contribution in [0.3, 0.4) is 0 Å². The number of benzene rings is 2. The van der Waals surface area contributed by atoms with Crippen molar-refractivity contribution in [2.75, 3.05) is 12.4 Å². The van der Waals surface area contributed by atoms with E-state index in [1.165, 1.54) is 7.11 Å². The molecule has 0 aliphatic rings. The summed E-state index contributed by atoms with van der Waals surface area (Å²) >= 11 is 11.2. The number of nitrogens with one attached hydrogen (secondary N) is 2. The van der Waals surface area contributed by atoms with Gasteiger partial charge in [-0.2, -0.15) is 0 Å². The van der Waals surface area contributed by atoms with Crippen molar-refractivity contribution in [3.63, 3.8) is 0 Å². The predicted molar refractivity (Wildman–Crippen MR) is 97.6 cm³/mol. The molecule has 0 spiro atoms. The lowest BCUT2D eigenvalue weighted by Crippen LogP contribution is -2.34. The van der Waals surface area contributed by atoms with E-state index in [4.69, 9.17) is 28.6 Å². The summed E-state index contributed by atoms with van der Waals surface area (Å²) in [5, 5.41) is 6.42. The number of hydrogen-bond donors (Lipinski definition) is 2. The number of aryl methyl sites for hydroxylation is 2. The highest BCUT2D eigenvalue weighted by Gasteiger charge is 2.15. The van der Waals surface area contributed by atoms with E-state index in [9.17, 15) is 4.79 Å². The summed E-state index contributed by atoms with van der Waals surface area (Å²) in [7, 11) is 1.53. The van der Waals surface area contributed by atoms with Crippen molar-refractivity contribution in [1.29, 1.82) is 0 Å². The van der Waals surface area contributed by atoms with Crippen LogP contribution in [0.15, 0.2) is 36.4 Å². The zero-order valence-electron chi connectivity index (χ0n) is 13.1. The van der Waals surface area contributed by atoms with Crippen molar-refractivity contribution in [2.45, 2.75) is 13.8 Å². The molecule has 0 fully saturated rings. The van der Waals surface area contributed by atoms with Gasteiger partial charge in [-0.3, -0.25) is 10.1 Å². The molecule has 0 unspecified atom stereocenters. The summed E-state index contributed by atoms with van der Waals surface area (Å²) in [6, 6.07) is 10.8. The molecule has 2 N–H and O–H groups in total. The van der Waals surface area contributed by atoms with Crippen LogP contribution in [0.4, 0.5) is 5.69 Å². The topological polar surface area (TPSA) is 50.4 Å². The summed E-state index contributed by atoms with van der Waals surface area (Å²) < 4.78 is 5.29. The van der Waals surface area contributed by atoms with Crippen LogP contribution in [0.5, 0.6) is 5.75 Å². The van der Waals surface area contributed by atoms with Gasteiger partial charge in [0.25, 0.3) is 5.91 Å². The Hall–Kier alpha value is -2.11. The molecule has 0 saturated carbocycles. The number of amides is 1. The molecule has 1 amide bonds. The number of hydrogen-bond acceptors (Lipinski definition) is 3. The van der Waals surface area contributed by atoms with Crippen LogP contribution in [0.25, 0.3) is 0 Å². The third-order valence-corrected chi connectivity index (χ3v) is 3.77. The van der Waals surface area contributed by atoms with Crippen molar-refractivity contribution < 1.29 is 9.53 Å². The van der Waals surface area contributed by atoms with Crippen LogP contribution >= 0.6 is 23.8 Å². The minimum atomic E-state index is -0.331. The van der Waals surface area contributed by atoms with Gasteiger partial charge in [-0.05, 0) is 55.4 Å². The van der Waals surface area contributed by atoms with Gasteiger partial charge in [0.15, 0.2) is 5.11 Å². The first kappa shape index (κ1) is 17.2. The molecule has 6 heteroatoms. The Morgan fingerprint density at radius 3 is 2.61 bits per heavy atom. The maximum absolute atomic E-state index is 12.4. The molecule has 23 heavy (non-hydrogen) atoms. The number of methoxy groups -OCH3 is 1. The van der Waals surface area contributed by atoms with Gasteiger partial charge in [0.1, 0.15) is 5.75 Å². The molecular weight excluding hydrogens is 332 g/mol. The number of anilines is 1. The quantitative estimate of drug-likeness (QED) is 0.820. The lowest BCUT2D eigenvalue weighted by Gasteiger charge is -2.14. The zero-order valence-corrected chi connectivity index (χ0v) is 14.6. The van der Waals surface area contributed by atoms with Crippen molar-refractivity contribution in [1.82, 2.24) is 5.32 Å². The van der Waals surface area contributed by atoms with Gasteiger partial charge in [-0.15, -0.1) is 0 Å². The Bertz CT molecular complexity index is 762. The Labute approximate surface area is 145 Å². The van der Waals surface area contributed by atoms with Crippen LogP contribution in [0, 0.1) is 13.8 Å². The third-order valence-electron chi connectivity index (χ3n) is 3.34. The van der Waals surface area contributed by atoms with E-state index >= 15 is 0 Å². The Morgan fingerprint density at radius 2 is 1.91 bits per heavy atom. The summed E-state index contributed by atoms with van der Waals surface area (Å²) in [5.74, 6) is 0.203. The number of rotatable bonds is 3. The largest absolute Gasteiger partial charge is 0.496 e. The van der Waals surface area contributed by atoms with Gasteiger partial charge in [0.05, 0.1) is 12.7 Å². The molecule has 2 rings (SSSR count). The molecule has 0 radical (unpaired) electrons. The molecule has 4 nitrogen and oxygen atoms in total. The molecule has 0 bridgehead atoms. The molecule has 0 aliphatic heterocycles. The second-order valence-corrected chi connectivity index (χ2v) is 5.87. The minimum absolute atomic E-state index is 0.198. The Kier molecular flexibility index (Phi) is 5.58. The average Bonchev–Trinajstić information content (AvgIpc) is 2.50. The van der Waals surface area contributed by atoms with E-state index in [-0.39, 0.29) is 11.0 Å². The minimum Gasteiger partial charge on any atom is -0.496 e. The number of ether oxygens (including phenoxy) is 1. The fraction of sp³-hybridized carbons (Fsp3) is 0.176. The van der Waals surface area contributed by atoms with Gasteiger partial charge in [-0.25, -0.2) is 0 Å². The maximum Gasteiger partial charge on any atom is 0.261 e. The Balaban J connectivity index is 2.13. The van der Waals surface area contributed by atoms with Crippen LogP contribution in [-0.2, 0) is 0 Å². The lowest BCUT2D eigenvalue weighted by molar-refractivity contribution is 0.0974. The first-order chi connectivity index (χ1) is 10.9. The van der Waals surface area contributed by atoms with Crippen LogP contribution in [0.1, 0.15) is 21.5 Å². The van der Waals surface area contributed by atoms with Crippen LogP contribution in [-0.4, -0.2) is 18.1 Å². The highest BCUT2D eigenvalue weighted by Crippen LogP contribution is 2.23. The second-order valence-electron chi connectivity index (χ2n) is 5.02. The number of para-hydroxylation sites is 1. The SMILES string of the molecule is COc1c(C)cccc1C(=O)NC(=S)Nc1cc(Cl)ccc1C. The molecule has 0 saturated heterocycles. The molecule has 0 aromatic heterocycles. The highest BCUT2D eigenvalue weighted by atomic mass is 35.5. The van der Waals surface area contributed by atoms with E-state index in [1.54, 1.807) is 24.3 Å². The average molecular weight is 349 g/mol. The summed E-state index contributed by atoms with van der Waals surface area (Å²) in [4.78, 5) is 12.4. The van der Waals surface area contributed by atoms with E-state index in [1.807, 2.05) is 26.0 Å². The smallest absolute Gasteiger partial charge is 0.261 e. The third kappa shape index (κ3) is 4.21. The first-order valence-corrected chi connectivity index (χ1v) is 7.73. The fourth-order valence-electron chi connectivity index (χ4n) is 2.16. The molecule has 2 aromatic carbocycles. The van der Waals surface area contributed by atoms with Crippen molar-refractivity contribution in [2.24, 2.45) is 0 Å². The zero-order chi connectivity index (χ0) is 17.0. The van der Waals surface area contributed by atoms with Crippen molar-refractivity contribution in [3.05, 3.63) is 58.1 Å². The predicted octanol–water partition coefficient (Wildman–Crippen LogP) is 4.09. The number of halogens is 1. The van der Waals surface area contributed by atoms with Crippen molar-refractivity contribution >= 4 is 40.5 Å². The van der Waals surface area contributed by atoms with E-state index in [2.05, 4.69) is 10.6 Å². The molecule has 2 aromatic rings. The number of carbonyl (C=O) groups is 1. The number of thiocarbonyl (C=S) groups is 1. The van der Waals surface area contributed by atoms with E-state index in [0.29, 0.717) is 16.3 Å². The normalized spacial score (nSPS) is 10.1. The van der Waals surface area contributed by atoms with Crippen LogP contribution < -0.4 is 15.4 Å². The highest BCUT2D eigenvalue weighted by molar-refractivity contribution is 7.80. The van der Waals surface area contributed by atoms with Gasteiger partial charge >= 0.3 is 0 Å². The second kappa shape index (κ2) is 7.44. The Morgan fingerprint density at radius 1 is 1.17 bits per heavy atom. The fourth-order valence-corrected chi connectivity index (χ4v) is 2.53. The summed E-state index contributed by atoms with van der Waals surface area (Å²) in [6.07, 6.45) is 0. The summed E-state index contributed by atoms with van der Waals surface area (Å²) in [5.41, 5.74) is 3.03. The molecule has 0 atom stereocenters. The van der Waals surface area contributed by atoms with E-state index in [0.717, 1.165) is 16.8 Å². The standard InChI is InChI=1S/C17H17ClN2O2S/c1-10-7-8-12(18)9-14(10)19-17(23)20-16(21)13-6-4-5-11(2)15(13)22-3/h4-9H,1-3H3,(H2,19,20,21,23). The van der Waals surface area contributed by atoms with Gasteiger partial charge in [0.2, 0.25) is 0 Å².